The van der Waals surface area contributed by atoms with Crippen molar-refractivity contribution in [3.05, 3.63) is 35.8 Å². The third kappa shape index (κ3) is 3.06. The monoisotopic (exact) mass is 344 g/mol. The van der Waals surface area contributed by atoms with Crippen LogP contribution in [0.15, 0.2) is 24.4 Å². The van der Waals surface area contributed by atoms with Crippen LogP contribution < -0.4 is 0 Å². The lowest BCUT2D eigenvalue weighted by molar-refractivity contribution is -0.144. The standard InChI is InChI=1S/C20H25FN2O2/c1-13(17-12-22-18-10-14(21)4-5-16(17)18)9-19(24)23-8-7-20(25)6-2-3-15(23)11-20/h4-5,10,12-13,15,22,25H,2-3,6-9,11H2,1H3. The molecular weight excluding hydrogens is 319 g/mol. The van der Waals surface area contributed by atoms with Gasteiger partial charge in [-0.05, 0) is 61.8 Å². The highest BCUT2D eigenvalue weighted by molar-refractivity contribution is 5.85. The van der Waals surface area contributed by atoms with E-state index in [1.165, 1.54) is 12.1 Å². The van der Waals surface area contributed by atoms with Crippen LogP contribution in [-0.2, 0) is 4.79 Å². The Labute approximate surface area is 147 Å². The number of carbonyl (C=O) groups is 1. The van der Waals surface area contributed by atoms with Crippen LogP contribution in [0.2, 0.25) is 0 Å². The van der Waals surface area contributed by atoms with Crippen molar-refractivity contribution >= 4 is 16.8 Å². The molecule has 2 N–H and O–H groups in total. The number of nitrogens with one attached hydrogen (secondary N) is 1. The predicted molar refractivity (Wildman–Crippen MR) is 94.8 cm³/mol. The number of H-pyrrole nitrogens is 1. The Hall–Kier alpha value is -1.88. The Bertz CT molecular complexity index is 802. The first kappa shape index (κ1) is 16.6. The van der Waals surface area contributed by atoms with Gasteiger partial charge in [0.25, 0.3) is 0 Å². The minimum absolute atomic E-state index is 0.0658. The molecule has 1 saturated carbocycles. The molecule has 25 heavy (non-hydrogen) atoms. The maximum atomic E-state index is 13.3. The van der Waals surface area contributed by atoms with E-state index in [2.05, 4.69) is 4.98 Å². The molecule has 1 aromatic heterocycles. The summed E-state index contributed by atoms with van der Waals surface area (Å²) in [7, 11) is 0. The van der Waals surface area contributed by atoms with Crippen molar-refractivity contribution in [2.75, 3.05) is 6.54 Å². The zero-order chi connectivity index (χ0) is 17.6. The number of halogens is 1. The fourth-order valence-electron chi connectivity index (χ4n) is 4.66. The van der Waals surface area contributed by atoms with Gasteiger partial charge in [-0.3, -0.25) is 4.79 Å². The molecule has 3 unspecified atom stereocenters. The van der Waals surface area contributed by atoms with E-state index >= 15 is 0 Å². The van der Waals surface area contributed by atoms with Gasteiger partial charge in [-0.1, -0.05) is 6.92 Å². The molecule has 2 heterocycles. The summed E-state index contributed by atoms with van der Waals surface area (Å²) in [5, 5.41) is 11.5. The molecule has 2 bridgehead atoms. The van der Waals surface area contributed by atoms with Crippen molar-refractivity contribution in [1.82, 2.24) is 9.88 Å². The number of carbonyl (C=O) groups excluding carboxylic acids is 1. The van der Waals surface area contributed by atoms with Crippen LogP contribution in [0.25, 0.3) is 10.9 Å². The summed E-state index contributed by atoms with van der Waals surface area (Å²) in [6, 6.07) is 4.91. The van der Waals surface area contributed by atoms with Crippen LogP contribution in [0.4, 0.5) is 4.39 Å². The molecule has 134 valence electrons. The van der Waals surface area contributed by atoms with Crippen LogP contribution in [0.3, 0.4) is 0 Å². The van der Waals surface area contributed by atoms with E-state index in [9.17, 15) is 14.3 Å². The van der Waals surface area contributed by atoms with Gasteiger partial charge >= 0.3 is 0 Å². The number of aromatic nitrogens is 1. The highest BCUT2D eigenvalue weighted by Crippen LogP contribution is 2.39. The molecule has 5 heteroatoms. The molecule has 1 aliphatic heterocycles. The topological polar surface area (TPSA) is 56.3 Å². The number of aromatic amines is 1. The molecule has 3 atom stereocenters. The van der Waals surface area contributed by atoms with Crippen LogP contribution >= 0.6 is 0 Å². The smallest absolute Gasteiger partial charge is 0.223 e. The number of rotatable bonds is 3. The Kier molecular flexibility index (Phi) is 4.07. The van der Waals surface area contributed by atoms with E-state index in [-0.39, 0.29) is 23.7 Å². The first-order valence-electron chi connectivity index (χ1n) is 9.24. The van der Waals surface area contributed by atoms with Gasteiger partial charge in [0, 0.05) is 36.1 Å². The Balaban J connectivity index is 1.48. The lowest BCUT2D eigenvalue weighted by Gasteiger charge is -2.48. The van der Waals surface area contributed by atoms with Gasteiger partial charge in [0.05, 0.1) is 5.60 Å². The normalized spacial score (nSPS) is 27.5. The highest BCUT2D eigenvalue weighted by atomic mass is 19.1. The van der Waals surface area contributed by atoms with Crippen molar-refractivity contribution in [2.24, 2.45) is 0 Å². The molecule has 2 fully saturated rings. The second-order valence-corrected chi connectivity index (χ2v) is 7.85. The molecule has 1 aliphatic carbocycles. The van der Waals surface area contributed by atoms with Crippen LogP contribution in [0, 0.1) is 5.82 Å². The summed E-state index contributed by atoms with van der Waals surface area (Å²) >= 11 is 0. The number of piperidine rings is 1. The van der Waals surface area contributed by atoms with Crippen LogP contribution in [-0.4, -0.2) is 39.1 Å². The van der Waals surface area contributed by atoms with E-state index in [0.717, 1.165) is 42.1 Å². The summed E-state index contributed by atoms with van der Waals surface area (Å²) in [5.41, 5.74) is 1.27. The highest BCUT2D eigenvalue weighted by Gasteiger charge is 2.42. The molecule has 4 rings (SSSR count). The molecular formula is C20H25FN2O2. The lowest BCUT2D eigenvalue weighted by Crippen LogP contribution is -2.55. The lowest BCUT2D eigenvalue weighted by atomic mass is 9.76. The van der Waals surface area contributed by atoms with Crippen molar-refractivity contribution in [2.45, 2.75) is 63.0 Å². The van der Waals surface area contributed by atoms with E-state index in [1.54, 1.807) is 6.07 Å². The predicted octanol–water partition coefficient (Wildman–Crippen LogP) is 3.71. The number of hydrogen-bond donors (Lipinski definition) is 2. The molecule has 1 amide bonds. The summed E-state index contributed by atoms with van der Waals surface area (Å²) < 4.78 is 13.3. The van der Waals surface area contributed by atoms with Gasteiger partial charge in [-0.25, -0.2) is 4.39 Å². The fourth-order valence-corrected chi connectivity index (χ4v) is 4.66. The van der Waals surface area contributed by atoms with Gasteiger partial charge in [0.1, 0.15) is 5.82 Å². The summed E-state index contributed by atoms with van der Waals surface area (Å²) in [4.78, 5) is 18.0. The number of likely N-dealkylation sites (tertiary alicyclic amines) is 1. The summed E-state index contributed by atoms with van der Waals surface area (Å²) in [5.74, 6) is -0.0308. The van der Waals surface area contributed by atoms with E-state index in [4.69, 9.17) is 0 Å². The Morgan fingerprint density at radius 1 is 1.48 bits per heavy atom. The van der Waals surface area contributed by atoms with Gasteiger partial charge in [0.15, 0.2) is 0 Å². The van der Waals surface area contributed by atoms with Crippen molar-refractivity contribution in [3.8, 4) is 0 Å². The SMILES string of the molecule is CC(CC(=O)N1CCC2(O)CCCC1C2)c1c[nH]c2cc(F)ccc12. The largest absolute Gasteiger partial charge is 0.390 e. The Morgan fingerprint density at radius 2 is 2.32 bits per heavy atom. The number of fused-ring (bicyclic) bond motifs is 3. The third-order valence-corrected chi connectivity index (χ3v) is 6.06. The fraction of sp³-hybridized carbons (Fsp3) is 0.550. The number of aliphatic hydroxyl groups is 1. The van der Waals surface area contributed by atoms with Gasteiger partial charge in [0.2, 0.25) is 5.91 Å². The molecule has 2 aliphatic rings. The van der Waals surface area contributed by atoms with Gasteiger partial charge < -0.3 is 15.0 Å². The quantitative estimate of drug-likeness (QED) is 0.892. The summed E-state index contributed by atoms with van der Waals surface area (Å²) in [6.45, 7) is 2.71. The Morgan fingerprint density at radius 3 is 3.16 bits per heavy atom. The first-order chi connectivity index (χ1) is 12.0. The van der Waals surface area contributed by atoms with Crippen molar-refractivity contribution < 1.29 is 14.3 Å². The van der Waals surface area contributed by atoms with Crippen molar-refractivity contribution in [1.29, 1.82) is 0 Å². The number of benzene rings is 1. The maximum absolute atomic E-state index is 13.3. The molecule has 4 nitrogen and oxygen atoms in total. The molecule has 1 saturated heterocycles. The average molecular weight is 344 g/mol. The van der Waals surface area contributed by atoms with E-state index < -0.39 is 5.60 Å². The second-order valence-electron chi connectivity index (χ2n) is 7.85. The minimum atomic E-state index is -0.549. The van der Waals surface area contributed by atoms with Gasteiger partial charge in [-0.15, -0.1) is 0 Å². The maximum Gasteiger partial charge on any atom is 0.223 e. The minimum Gasteiger partial charge on any atom is -0.390 e. The molecule has 0 radical (unpaired) electrons. The van der Waals surface area contributed by atoms with Crippen molar-refractivity contribution in [3.63, 3.8) is 0 Å². The van der Waals surface area contributed by atoms with E-state index in [1.807, 2.05) is 18.0 Å². The van der Waals surface area contributed by atoms with Gasteiger partial charge in [-0.2, -0.15) is 0 Å². The zero-order valence-corrected chi connectivity index (χ0v) is 14.6. The number of amides is 1. The van der Waals surface area contributed by atoms with Crippen LogP contribution in [0.1, 0.15) is 56.9 Å². The number of hydrogen-bond acceptors (Lipinski definition) is 2. The molecule has 1 aromatic carbocycles. The summed E-state index contributed by atoms with van der Waals surface area (Å²) in [6.07, 6.45) is 6.60. The number of nitrogens with zero attached hydrogens (tertiary/aromatic N) is 1. The van der Waals surface area contributed by atoms with E-state index in [0.29, 0.717) is 19.4 Å². The first-order valence-corrected chi connectivity index (χ1v) is 9.24. The second kappa shape index (κ2) is 6.13. The molecule has 0 spiro atoms. The molecule has 2 aromatic rings. The zero-order valence-electron chi connectivity index (χ0n) is 14.6. The average Bonchev–Trinajstić information content (AvgIpc) is 2.97. The van der Waals surface area contributed by atoms with Crippen LogP contribution in [0.5, 0.6) is 0 Å². The third-order valence-electron chi connectivity index (χ3n) is 6.06.